The highest BCUT2D eigenvalue weighted by Gasteiger charge is 2.09. The first-order valence-corrected chi connectivity index (χ1v) is 6.60. The van der Waals surface area contributed by atoms with Crippen molar-refractivity contribution in [3.8, 4) is 0 Å². The summed E-state index contributed by atoms with van der Waals surface area (Å²) in [6, 6.07) is 8.89. The molecule has 0 bridgehead atoms. The van der Waals surface area contributed by atoms with Crippen LogP contribution >= 0.6 is 15.9 Å². The van der Waals surface area contributed by atoms with Gasteiger partial charge in [-0.05, 0) is 36.6 Å². The molecule has 90 valence electrons. The van der Waals surface area contributed by atoms with Gasteiger partial charge in [0.1, 0.15) is 0 Å². The quantitative estimate of drug-likeness (QED) is 0.843. The van der Waals surface area contributed by atoms with Crippen molar-refractivity contribution < 1.29 is 0 Å². The van der Waals surface area contributed by atoms with Crippen LogP contribution in [0.1, 0.15) is 19.4 Å². The second-order valence-electron chi connectivity index (χ2n) is 4.42. The molecular weight excluding hydrogens is 264 g/mol. The lowest BCUT2D eigenvalue weighted by atomic mass is 10.0. The fourth-order valence-electron chi connectivity index (χ4n) is 1.64. The minimum absolute atomic E-state index is 0.426. The molecule has 2 nitrogen and oxygen atoms in total. The molecule has 1 rings (SSSR count). The molecule has 1 atom stereocenters. The molecule has 1 unspecified atom stereocenters. The smallest absolute Gasteiger partial charge is 0.0213 e. The van der Waals surface area contributed by atoms with Crippen molar-refractivity contribution in [1.29, 1.82) is 0 Å². The Morgan fingerprint density at radius 3 is 2.38 bits per heavy atom. The Morgan fingerprint density at radius 2 is 1.88 bits per heavy atom. The van der Waals surface area contributed by atoms with E-state index in [1.165, 1.54) is 5.56 Å². The first-order valence-electron chi connectivity index (χ1n) is 5.81. The standard InChI is InChI=1S/C13H21BrN2/c1-10(2)13(9-15)16-8-7-11-3-5-12(14)6-4-11/h3-6,10,13,16H,7-9,15H2,1-2H3. The minimum atomic E-state index is 0.426. The molecule has 1 aromatic carbocycles. The Morgan fingerprint density at radius 1 is 1.25 bits per heavy atom. The molecule has 0 aliphatic rings. The van der Waals surface area contributed by atoms with Gasteiger partial charge in [0.2, 0.25) is 0 Å². The summed E-state index contributed by atoms with van der Waals surface area (Å²) < 4.78 is 1.13. The number of nitrogens with two attached hydrogens (primary N) is 1. The average molecular weight is 285 g/mol. The summed E-state index contributed by atoms with van der Waals surface area (Å²) in [5, 5.41) is 3.50. The second-order valence-corrected chi connectivity index (χ2v) is 5.33. The number of hydrogen-bond acceptors (Lipinski definition) is 2. The molecule has 0 radical (unpaired) electrons. The third-order valence-corrected chi connectivity index (χ3v) is 3.32. The lowest BCUT2D eigenvalue weighted by Gasteiger charge is -2.20. The monoisotopic (exact) mass is 284 g/mol. The molecule has 0 aliphatic carbocycles. The van der Waals surface area contributed by atoms with Gasteiger partial charge < -0.3 is 11.1 Å². The first-order chi connectivity index (χ1) is 7.63. The van der Waals surface area contributed by atoms with Crippen LogP contribution in [0.5, 0.6) is 0 Å². The van der Waals surface area contributed by atoms with E-state index in [1.807, 2.05) is 0 Å². The normalized spacial score (nSPS) is 13.1. The molecule has 0 amide bonds. The van der Waals surface area contributed by atoms with Crippen LogP contribution in [0.15, 0.2) is 28.7 Å². The van der Waals surface area contributed by atoms with Gasteiger partial charge in [0, 0.05) is 17.1 Å². The molecule has 0 saturated heterocycles. The van der Waals surface area contributed by atoms with E-state index >= 15 is 0 Å². The van der Waals surface area contributed by atoms with Gasteiger partial charge in [-0.3, -0.25) is 0 Å². The maximum Gasteiger partial charge on any atom is 0.0213 e. The summed E-state index contributed by atoms with van der Waals surface area (Å²) in [5.74, 6) is 0.593. The van der Waals surface area contributed by atoms with Crippen LogP contribution in [0.3, 0.4) is 0 Å². The summed E-state index contributed by atoms with van der Waals surface area (Å²) in [6.07, 6.45) is 1.05. The van der Waals surface area contributed by atoms with Crippen molar-refractivity contribution >= 4 is 15.9 Å². The molecule has 0 spiro atoms. The predicted molar refractivity (Wildman–Crippen MR) is 73.5 cm³/mol. The van der Waals surface area contributed by atoms with Gasteiger partial charge in [0.25, 0.3) is 0 Å². The molecule has 1 aromatic rings. The van der Waals surface area contributed by atoms with Crippen molar-refractivity contribution in [2.24, 2.45) is 11.7 Å². The fraction of sp³-hybridized carbons (Fsp3) is 0.538. The minimum Gasteiger partial charge on any atom is -0.329 e. The average Bonchev–Trinajstić information content (AvgIpc) is 2.26. The molecule has 3 N–H and O–H groups in total. The number of nitrogens with one attached hydrogen (secondary N) is 1. The van der Waals surface area contributed by atoms with Crippen LogP contribution < -0.4 is 11.1 Å². The van der Waals surface area contributed by atoms with E-state index in [9.17, 15) is 0 Å². The van der Waals surface area contributed by atoms with E-state index in [0.717, 1.165) is 17.4 Å². The lowest BCUT2D eigenvalue weighted by molar-refractivity contribution is 0.409. The molecule has 0 saturated carbocycles. The van der Waals surface area contributed by atoms with Gasteiger partial charge >= 0.3 is 0 Å². The van der Waals surface area contributed by atoms with Crippen LogP contribution in [0, 0.1) is 5.92 Å². The van der Waals surface area contributed by atoms with Crippen LogP contribution in [-0.4, -0.2) is 19.1 Å². The van der Waals surface area contributed by atoms with E-state index in [4.69, 9.17) is 5.73 Å². The zero-order valence-corrected chi connectivity index (χ0v) is 11.6. The van der Waals surface area contributed by atoms with Crippen molar-refractivity contribution in [3.63, 3.8) is 0 Å². The molecule has 0 aliphatic heterocycles. The third-order valence-electron chi connectivity index (χ3n) is 2.79. The zero-order valence-electron chi connectivity index (χ0n) is 10.0. The van der Waals surface area contributed by atoms with Gasteiger partial charge in [0.15, 0.2) is 0 Å². The van der Waals surface area contributed by atoms with E-state index < -0.39 is 0 Å². The van der Waals surface area contributed by atoms with Gasteiger partial charge in [0.05, 0.1) is 0 Å². The summed E-state index contributed by atoms with van der Waals surface area (Å²) in [7, 11) is 0. The van der Waals surface area contributed by atoms with Crippen LogP contribution in [0.2, 0.25) is 0 Å². The van der Waals surface area contributed by atoms with Gasteiger partial charge in [-0.15, -0.1) is 0 Å². The van der Waals surface area contributed by atoms with Crippen molar-refractivity contribution in [2.75, 3.05) is 13.1 Å². The Kier molecular flexibility index (Phi) is 6.03. The number of rotatable bonds is 6. The first kappa shape index (κ1) is 13.7. The Bertz CT molecular complexity index is 295. The molecule has 0 fully saturated rings. The van der Waals surface area contributed by atoms with Crippen molar-refractivity contribution in [3.05, 3.63) is 34.3 Å². The van der Waals surface area contributed by atoms with Gasteiger partial charge in [-0.1, -0.05) is 41.9 Å². The van der Waals surface area contributed by atoms with Gasteiger partial charge in [-0.25, -0.2) is 0 Å². The predicted octanol–water partition coefficient (Wildman–Crippen LogP) is 2.56. The van der Waals surface area contributed by atoms with Crippen molar-refractivity contribution in [2.45, 2.75) is 26.3 Å². The Balaban J connectivity index is 2.32. The van der Waals surface area contributed by atoms with Crippen molar-refractivity contribution in [1.82, 2.24) is 5.32 Å². The largest absolute Gasteiger partial charge is 0.329 e. The van der Waals surface area contributed by atoms with E-state index in [-0.39, 0.29) is 0 Å². The number of hydrogen-bond donors (Lipinski definition) is 2. The lowest BCUT2D eigenvalue weighted by Crippen LogP contribution is -2.41. The van der Waals surface area contributed by atoms with Crippen LogP contribution in [-0.2, 0) is 6.42 Å². The van der Waals surface area contributed by atoms with Crippen LogP contribution in [0.4, 0.5) is 0 Å². The molecule has 0 aromatic heterocycles. The van der Waals surface area contributed by atoms with E-state index in [2.05, 4.69) is 59.4 Å². The summed E-state index contributed by atoms with van der Waals surface area (Å²) in [4.78, 5) is 0. The Hall–Kier alpha value is -0.380. The molecule has 16 heavy (non-hydrogen) atoms. The molecular formula is C13H21BrN2. The molecule has 0 heterocycles. The maximum atomic E-state index is 5.70. The zero-order chi connectivity index (χ0) is 12.0. The maximum absolute atomic E-state index is 5.70. The van der Waals surface area contributed by atoms with E-state index in [0.29, 0.717) is 18.5 Å². The highest BCUT2D eigenvalue weighted by Crippen LogP contribution is 2.10. The topological polar surface area (TPSA) is 38.0 Å². The summed E-state index contributed by atoms with van der Waals surface area (Å²) in [6.45, 7) is 6.09. The van der Waals surface area contributed by atoms with Crippen LogP contribution in [0.25, 0.3) is 0 Å². The fourth-order valence-corrected chi connectivity index (χ4v) is 1.91. The summed E-state index contributed by atoms with van der Waals surface area (Å²) in [5.41, 5.74) is 7.06. The highest BCUT2D eigenvalue weighted by molar-refractivity contribution is 9.10. The third kappa shape index (κ3) is 4.64. The molecule has 3 heteroatoms. The highest BCUT2D eigenvalue weighted by atomic mass is 79.9. The second kappa shape index (κ2) is 7.05. The van der Waals surface area contributed by atoms with E-state index in [1.54, 1.807) is 0 Å². The van der Waals surface area contributed by atoms with Gasteiger partial charge in [-0.2, -0.15) is 0 Å². The summed E-state index contributed by atoms with van der Waals surface area (Å²) >= 11 is 3.43. The number of benzene rings is 1. The Labute approximate surface area is 107 Å². The number of halogens is 1. The SMILES string of the molecule is CC(C)C(CN)NCCc1ccc(Br)cc1.